The summed E-state index contributed by atoms with van der Waals surface area (Å²) >= 11 is 0. The Bertz CT molecular complexity index is 444. The maximum absolute atomic E-state index is 11.6. The van der Waals surface area contributed by atoms with Crippen LogP contribution in [0.1, 0.15) is 12.0 Å². The number of esters is 1. The third-order valence-corrected chi connectivity index (χ3v) is 2.78. The summed E-state index contributed by atoms with van der Waals surface area (Å²) < 4.78 is 4.70. The van der Waals surface area contributed by atoms with E-state index in [-0.39, 0.29) is 6.54 Å². The summed E-state index contributed by atoms with van der Waals surface area (Å²) in [6.07, 6.45) is 0.334. The van der Waals surface area contributed by atoms with Crippen molar-refractivity contribution in [2.75, 3.05) is 13.7 Å². The number of hydrogen-bond donors (Lipinski definition) is 1. The fraction of sp³-hybridized carbons (Fsp3) is 0.333. The van der Waals surface area contributed by atoms with Gasteiger partial charge in [-0.3, -0.25) is 0 Å². The van der Waals surface area contributed by atoms with E-state index >= 15 is 0 Å². The molecule has 1 atom stereocenters. The summed E-state index contributed by atoms with van der Waals surface area (Å²) in [6.45, 7) is 0.0412. The molecule has 2 rings (SSSR count). The van der Waals surface area contributed by atoms with Crippen molar-refractivity contribution in [3.05, 3.63) is 35.9 Å². The zero-order valence-electron chi connectivity index (χ0n) is 9.55. The molecule has 0 bridgehead atoms. The van der Waals surface area contributed by atoms with Crippen molar-refractivity contribution < 1.29 is 14.4 Å². The average Bonchev–Trinajstić information content (AvgIpc) is 2.84. The summed E-state index contributed by atoms with van der Waals surface area (Å²) in [5, 5.41) is 3.94. The normalized spacial score (nSPS) is 22.8. The number of oxime groups is 1. The Balaban J connectivity index is 2.20. The smallest absolute Gasteiger partial charge is 0.354 e. The van der Waals surface area contributed by atoms with E-state index in [1.165, 1.54) is 7.11 Å². The highest BCUT2D eigenvalue weighted by Gasteiger charge is 2.46. The molecule has 1 aliphatic heterocycles. The molecule has 0 radical (unpaired) electrons. The molecule has 1 heterocycles. The van der Waals surface area contributed by atoms with E-state index < -0.39 is 11.6 Å². The van der Waals surface area contributed by atoms with E-state index in [0.29, 0.717) is 12.1 Å². The van der Waals surface area contributed by atoms with Crippen molar-refractivity contribution >= 4 is 11.7 Å². The second-order valence-corrected chi connectivity index (χ2v) is 3.86. The Morgan fingerprint density at radius 1 is 1.53 bits per heavy atom. The maximum Gasteiger partial charge on any atom is 0.354 e. The molecule has 0 aromatic heterocycles. The number of methoxy groups -OCH3 is 1. The average molecular weight is 234 g/mol. The minimum atomic E-state index is -1.17. The van der Waals surface area contributed by atoms with Crippen LogP contribution in [0.15, 0.2) is 35.5 Å². The third-order valence-electron chi connectivity index (χ3n) is 2.78. The predicted octanol–water partition coefficient (Wildman–Crippen LogP) is 0.681. The lowest BCUT2D eigenvalue weighted by atomic mass is 9.94. The first-order valence-corrected chi connectivity index (χ1v) is 5.31. The van der Waals surface area contributed by atoms with Gasteiger partial charge < -0.3 is 15.3 Å². The zero-order valence-corrected chi connectivity index (χ0v) is 9.55. The van der Waals surface area contributed by atoms with Crippen LogP contribution in [-0.4, -0.2) is 30.9 Å². The van der Waals surface area contributed by atoms with Gasteiger partial charge in [0.1, 0.15) is 0 Å². The van der Waals surface area contributed by atoms with Crippen molar-refractivity contribution in [2.45, 2.75) is 12.0 Å². The molecule has 0 fully saturated rings. The van der Waals surface area contributed by atoms with Gasteiger partial charge in [-0.1, -0.05) is 35.5 Å². The van der Waals surface area contributed by atoms with Crippen molar-refractivity contribution in [3.63, 3.8) is 0 Å². The van der Waals surface area contributed by atoms with Gasteiger partial charge in [0.15, 0.2) is 0 Å². The van der Waals surface area contributed by atoms with Gasteiger partial charge in [0.2, 0.25) is 0 Å². The summed E-state index contributed by atoms with van der Waals surface area (Å²) in [7, 11) is 1.31. The van der Waals surface area contributed by atoms with Crippen molar-refractivity contribution in [1.29, 1.82) is 0 Å². The van der Waals surface area contributed by atoms with E-state index in [2.05, 4.69) is 5.16 Å². The van der Waals surface area contributed by atoms with E-state index in [4.69, 9.17) is 15.3 Å². The largest absolute Gasteiger partial charge is 0.466 e. The predicted molar refractivity (Wildman–Crippen MR) is 62.5 cm³/mol. The molecule has 2 N–H and O–H groups in total. The second kappa shape index (κ2) is 4.55. The molecule has 1 aromatic rings. The number of nitrogens with zero attached hydrogens (tertiary/aromatic N) is 1. The molecule has 0 saturated carbocycles. The molecule has 1 aliphatic rings. The van der Waals surface area contributed by atoms with Gasteiger partial charge in [0, 0.05) is 13.0 Å². The Labute approximate surface area is 99.2 Å². The highest BCUT2D eigenvalue weighted by Crippen LogP contribution is 2.27. The summed E-state index contributed by atoms with van der Waals surface area (Å²) in [6, 6.07) is 9.53. The van der Waals surface area contributed by atoms with Crippen molar-refractivity contribution in [2.24, 2.45) is 10.9 Å². The standard InChI is InChI=1S/C12H14N2O3/c1-16-11(15)12(8-13)7-10(14-17-12)9-5-3-2-4-6-9/h2-6H,7-8,13H2,1H3. The van der Waals surface area contributed by atoms with Crippen molar-refractivity contribution in [1.82, 2.24) is 0 Å². The van der Waals surface area contributed by atoms with Crippen LogP contribution >= 0.6 is 0 Å². The van der Waals surface area contributed by atoms with Gasteiger partial charge in [-0.05, 0) is 5.56 Å². The van der Waals surface area contributed by atoms with Gasteiger partial charge in [0.25, 0.3) is 5.60 Å². The lowest BCUT2D eigenvalue weighted by Gasteiger charge is -2.21. The number of hydrogen-bond acceptors (Lipinski definition) is 5. The Hall–Kier alpha value is -1.88. The number of benzene rings is 1. The molecular weight excluding hydrogens is 220 g/mol. The molecule has 0 aliphatic carbocycles. The highest BCUT2D eigenvalue weighted by atomic mass is 16.7. The number of nitrogens with two attached hydrogens (primary N) is 1. The summed E-state index contributed by atoms with van der Waals surface area (Å²) in [4.78, 5) is 16.8. The first kappa shape index (κ1) is 11.6. The van der Waals surface area contributed by atoms with Crippen LogP contribution in [0, 0.1) is 0 Å². The minimum absolute atomic E-state index is 0.0412. The lowest BCUT2D eigenvalue weighted by Crippen LogP contribution is -2.46. The molecular formula is C12H14N2O3. The number of carbonyl (C=O) groups excluding carboxylic acids is 1. The summed E-state index contributed by atoms with van der Waals surface area (Å²) in [5.41, 5.74) is 6.05. The topological polar surface area (TPSA) is 73.9 Å². The van der Waals surface area contributed by atoms with Crippen LogP contribution < -0.4 is 5.73 Å². The molecule has 5 heteroatoms. The molecule has 5 nitrogen and oxygen atoms in total. The van der Waals surface area contributed by atoms with E-state index in [1.807, 2.05) is 30.3 Å². The second-order valence-electron chi connectivity index (χ2n) is 3.86. The lowest BCUT2D eigenvalue weighted by molar-refractivity contribution is -0.165. The number of ether oxygens (including phenoxy) is 1. The van der Waals surface area contributed by atoms with Crippen LogP contribution in [0.5, 0.6) is 0 Å². The van der Waals surface area contributed by atoms with Gasteiger partial charge in [-0.25, -0.2) is 4.79 Å². The fourth-order valence-electron chi connectivity index (χ4n) is 1.75. The molecule has 1 unspecified atom stereocenters. The fourth-order valence-corrected chi connectivity index (χ4v) is 1.75. The van der Waals surface area contributed by atoms with Crippen LogP contribution in [0.3, 0.4) is 0 Å². The molecule has 0 amide bonds. The van der Waals surface area contributed by atoms with Gasteiger partial charge >= 0.3 is 5.97 Å². The number of rotatable bonds is 3. The minimum Gasteiger partial charge on any atom is -0.466 e. The van der Waals surface area contributed by atoms with Crippen LogP contribution in [0.25, 0.3) is 0 Å². The maximum atomic E-state index is 11.6. The summed E-state index contributed by atoms with van der Waals surface area (Å²) in [5.74, 6) is -0.491. The highest BCUT2D eigenvalue weighted by molar-refractivity contribution is 6.04. The monoisotopic (exact) mass is 234 g/mol. The molecule has 0 spiro atoms. The van der Waals surface area contributed by atoms with Crippen LogP contribution in [0.4, 0.5) is 0 Å². The first-order valence-electron chi connectivity index (χ1n) is 5.31. The number of carbonyl (C=O) groups is 1. The van der Waals surface area contributed by atoms with Crippen LogP contribution in [-0.2, 0) is 14.4 Å². The van der Waals surface area contributed by atoms with E-state index in [1.54, 1.807) is 0 Å². The quantitative estimate of drug-likeness (QED) is 0.780. The van der Waals surface area contributed by atoms with Crippen molar-refractivity contribution in [3.8, 4) is 0 Å². The Morgan fingerprint density at radius 3 is 2.82 bits per heavy atom. The molecule has 0 saturated heterocycles. The van der Waals surface area contributed by atoms with E-state index in [9.17, 15) is 4.79 Å². The van der Waals surface area contributed by atoms with Crippen LogP contribution in [0.2, 0.25) is 0 Å². The molecule has 17 heavy (non-hydrogen) atoms. The Kier molecular flexibility index (Phi) is 3.10. The SMILES string of the molecule is COC(=O)C1(CN)CC(c2ccccc2)=NO1. The molecule has 1 aromatic carbocycles. The van der Waals surface area contributed by atoms with E-state index in [0.717, 1.165) is 5.56 Å². The van der Waals surface area contributed by atoms with Gasteiger partial charge in [0.05, 0.1) is 12.8 Å². The Morgan fingerprint density at radius 2 is 2.24 bits per heavy atom. The van der Waals surface area contributed by atoms with Gasteiger partial charge in [-0.15, -0.1) is 0 Å². The molecule has 90 valence electrons. The van der Waals surface area contributed by atoms with Gasteiger partial charge in [-0.2, -0.15) is 0 Å². The third kappa shape index (κ3) is 2.01. The first-order chi connectivity index (χ1) is 8.22. The zero-order chi connectivity index (χ0) is 12.3.